The molecule has 0 radical (unpaired) electrons. The number of carbonyl (C=O) groups is 1. The Morgan fingerprint density at radius 2 is 2.10 bits per heavy atom. The van der Waals surface area contributed by atoms with Crippen molar-refractivity contribution in [2.75, 3.05) is 13.2 Å². The van der Waals surface area contributed by atoms with E-state index in [-0.39, 0.29) is 18.2 Å². The Bertz CT molecular complexity index is 462. The Balaban J connectivity index is 3.02. The Hall–Kier alpha value is -1.42. The molecule has 0 aliphatic rings. The molecule has 4 heteroatoms. The van der Waals surface area contributed by atoms with E-state index in [1.165, 1.54) is 6.07 Å². The average Bonchev–Trinajstić information content (AvgIpc) is 2.39. The fraction of sp³-hybridized carbons (Fsp3) is 0.562. The van der Waals surface area contributed by atoms with Gasteiger partial charge in [0.2, 0.25) is 0 Å². The van der Waals surface area contributed by atoms with Crippen molar-refractivity contribution in [2.24, 2.45) is 0 Å². The molecule has 0 amide bonds. The van der Waals surface area contributed by atoms with Crippen LogP contribution in [0.25, 0.3) is 0 Å². The van der Waals surface area contributed by atoms with Crippen molar-refractivity contribution in [1.82, 2.24) is 5.32 Å². The van der Waals surface area contributed by atoms with Gasteiger partial charge in [0.1, 0.15) is 5.82 Å². The molecule has 1 aromatic rings. The molecular weight excluding hydrogens is 257 g/mol. The van der Waals surface area contributed by atoms with Crippen LogP contribution in [0.5, 0.6) is 0 Å². The van der Waals surface area contributed by atoms with E-state index in [1.807, 2.05) is 19.9 Å². The molecule has 1 atom stereocenters. The number of esters is 1. The second kappa shape index (κ2) is 7.39. The summed E-state index contributed by atoms with van der Waals surface area (Å²) < 4.78 is 18.8. The van der Waals surface area contributed by atoms with Crippen LogP contribution in [0, 0.1) is 12.7 Å². The lowest BCUT2D eigenvalue weighted by molar-refractivity contribution is -0.144. The fourth-order valence-electron chi connectivity index (χ4n) is 2.10. The molecule has 1 aromatic carbocycles. The predicted octanol–water partition coefficient (Wildman–Crippen LogP) is 3.30. The minimum absolute atomic E-state index is 0.184. The Kier molecular flexibility index (Phi) is 6.14. The molecule has 20 heavy (non-hydrogen) atoms. The van der Waals surface area contributed by atoms with Gasteiger partial charge in [-0.25, -0.2) is 4.39 Å². The maximum atomic E-state index is 13.8. The third-order valence-corrected chi connectivity index (χ3v) is 3.38. The van der Waals surface area contributed by atoms with Gasteiger partial charge in [-0.2, -0.15) is 0 Å². The summed E-state index contributed by atoms with van der Waals surface area (Å²) in [7, 11) is 0. The van der Waals surface area contributed by atoms with E-state index in [2.05, 4.69) is 5.32 Å². The first-order valence-electron chi connectivity index (χ1n) is 7.10. The maximum Gasteiger partial charge on any atom is 0.307 e. The fourth-order valence-corrected chi connectivity index (χ4v) is 2.10. The molecular formula is C16H24FNO2. The van der Waals surface area contributed by atoms with Gasteiger partial charge in [0.25, 0.3) is 0 Å². The highest BCUT2D eigenvalue weighted by Crippen LogP contribution is 2.27. The first-order valence-corrected chi connectivity index (χ1v) is 7.10. The van der Waals surface area contributed by atoms with Crippen molar-refractivity contribution in [3.63, 3.8) is 0 Å². The SMILES string of the molecule is CCCNC(C)(CC(=O)OCC)c1ccc(C)c(F)c1. The predicted molar refractivity (Wildman–Crippen MR) is 78.0 cm³/mol. The smallest absolute Gasteiger partial charge is 0.307 e. The monoisotopic (exact) mass is 281 g/mol. The average molecular weight is 281 g/mol. The van der Waals surface area contributed by atoms with Gasteiger partial charge in [0.15, 0.2) is 0 Å². The molecule has 0 spiro atoms. The number of hydrogen-bond donors (Lipinski definition) is 1. The highest BCUT2D eigenvalue weighted by molar-refractivity contribution is 5.71. The van der Waals surface area contributed by atoms with Gasteiger partial charge in [-0.3, -0.25) is 4.79 Å². The summed E-state index contributed by atoms with van der Waals surface area (Å²) in [5, 5.41) is 3.33. The summed E-state index contributed by atoms with van der Waals surface area (Å²) in [6.07, 6.45) is 1.12. The Labute approximate surface area is 120 Å². The zero-order valence-corrected chi connectivity index (χ0v) is 12.8. The van der Waals surface area contributed by atoms with Crippen LogP contribution < -0.4 is 5.32 Å². The number of rotatable bonds is 7. The summed E-state index contributed by atoms with van der Waals surface area (Å²) in [4.78, 5) is 11.8. The topological polar surface area (TPSA) is 38.3 Å². The Morgan fingerprint density at radius 1 is 1.40 bits per heavy atom. The lowest BCUT2D eigenvalue weighted by atomic mass is 9.87. The standard InChI is InChI=1S/C16H24FNO2/c1-5-9-18-16(4,11-15(19)20-6-2)13-8-7-12(3)14(17)10-13/h7-8,10,18H,5-6,9,11H2,1-4H3. The number of nitrogens with one attached hydrogen (secondary N) is 1. The summed E-state index contributed by atoms with van der Waals surface area (Å²) in [5.74, 6) is -0.532. The molecule has 1 N–H and O–H groups in total. The minimum atomic E-state index is -0.614. The van der Waals surface area contributed by atoms with Crippen molar-refractivity contribution in [1.29, 1.82) is 0 Å². The van der Waals surface area contributed by atoms with Gasteiger partial charge >= 0.3 is 5.97 Å². The quantitative estimate of drug-likeness (QED) is 0.779. The van der Waals surface area contributed by atoms with Crippen LogP contribution in [0.1, 0.15) is 44.7 Å². The van der Waals surface area contributed by atoms with E-state index in [9.17, 15) is 9.18 Å². The number of carbonyl (C=O) groups excluding carboxylic acids is 1. The van der Waals surface area contributed by atoms with Crippen LogP contribution in [0.2, 0.25) is 0 Å². The van der Waals surface area contributed by atoms with E-state index >= 15 is 0 Å². The van der Waals surface area contributed by atoms with E-state index in [1.54, 1.807) is 19.9 Å². The van der Waals surface area contributed by atoms with Crippen LogP contribution in [0.3, 0.4) is 0 Å². The molecule has 3 nitrogen and oxygen atoms in total. The molecule has 1 unspecified atom stereocenters. The highest BCUT2D eigenvalue weighted by atomic mass is 19.1. The molecule has 112 valence electrons. The normalized spacial score (nSPS) is 13.8. The first-order chi connectivity index (χ1) is 9.42. The molecule has 0 saturated heterocycles. The second-order valence-electron chi connectivity index (χ2n) is 5.20. The van der Waals surface area contributed by atoms with Gasteiger partial charge in [0.05, 0.1) is 18.6 Å². The molecule has 0 aliphatic heterocycles. The summed E-state index contributed by atoms with van der Waals surface area (Å²) >= 11 is 0. The van der Waals surface area contributed by atoms with Crippen molar-refractivity contribution < 1.29 is 13.9 Å². The summed E-state index contributed by atoms with van der Waals surface area (Å²) in [6, 6.07) is 5.10. The lowest BCUT2D eigenvalue weighted by Gasteiger charge is -2.31. The zero-order chi connectivity index (χ0) is 15.2. The molecule has 0 saturated carbocycles. The van der Waals surface area contributed by atoms with Gasteiger partial charge in [-0.05, 0) is 50.9 Å². The van der Waals surface area contributed by atoms with Crippen molar-refractivity contribution in [3.8, 4) is 0 Å². The van der Waals surface area contributed by atoms with Crippen LogP contribution in [-0.4, -0.2) is 19.1 Å². The van der Waals surface area contributed by atoms with E-state index < -0.39 is 5.54 Å². The van der Waals surface area contributed by atoms with Gasteiger partial charge in [-0.1, -0.05) is 19.1 Å². The van der Waals surface area contributed by atoms with Crippen molar-refractivity contribution >= 4 is 5.97 Å². The zero-order valence-electron chi connectivity index (χ0n) is 12.8. The van der Waals surface area contributed by atoms with Crippen molar-refractivity contribution in [3.05, 3.63) is 35.1 Å². The van der Waals surface area contributed by atoms with E-state index in [4.69, 9.17) is 4.74 Å². The molecule has 0 heterocycles. The van der Waals surface area contributed by atoms with Crippen LogP contribution >= 0.6 is 0 Å². The largest absolute Gasteiger partial charge is 0.466 e. The molecule has 1 rings (SSSR count). The number of benzene rings is 1. The van der Waals surface area contributed by atoms with Crippen LogP contribution in [0.4, 0.5) is 4.39 Å². The van der Waals surface area contributed by atoms with Crippen LogP contribution in [-0.2, 0) is 15.1 Å². The number of halogens is 1. The van der Waals surface area contributed by atoms with Crippen LogP contribution in [0.15, 0.2) is 18.2 Å². The minimum Gasteiger partial charge on any atom is -0.466 e. The van der Waals surface area contributed by atoms with Gasteiger partial charge < -0.3 is 10.1 Å². The summed E-state index contributed by atoms with van der Waals surface area (Å²) in [6.45, 7) is 8.56. The second-order valence-corrected chi connectivity index (χ2v) is 5.20. The lowest BCUT2D eigenvalue weighted by Crippen LogP contribution is -2.42. The van der Waals surface area contributed by atoms with Crippen molar-refractivity contribution in [2.45, 2.75) is 46.1 Å². The highest BCUT2D eigenvalue weighted by Gasteiger charge is 2.30. The first kappa shape index (κ1) is 16.6. The number of aryl methyl sites for hydroxylation is 1. The number of ether oxygens (including phenoxy) is 1. The van der Waals surface area contributed by atoms with Gasteiger partial charge in [0, 0.05) is 0 Å². The summed E-state index contributed by atoms with van der Waals surface area (Å²) in [5.41, 5.74) is 0.751. The number of hydrogen-bond acceptors (Lipinski definition) is 3. The van der Waals surface area contributed by atoms with E-state index in [0.29, 0.717) is 12.2 Å². The Morgan fingerprint density at radius 3 is 2.65 bits per heavy atom. The molecule has 0 aromatic heterocycles. The molecule has 0 bridgehead atoms. The van der Waals surface area contributed by atoms with Gasteiger partial charge in [-0.15, -0.1) is 0 Å². The maximum absolute atomic E-state index is 13.8. The third-order valence-electron chi connectivity index (χ3n) is 3.38. The molecule has 0 fully saturated rings. The third kappa shape index (κ3) is 4.30. The van der Waals surface area contributed by atoms with E-state index in [0.717, 1.165) is 18.5 Å². The molecule has 0 aliphatic carbocycles.